The van der Waals surface area contributed by atoms with Crippen molar-refractivity contribution < 1.29 is 0 Å². The van der Waals surface area contributed by atoms with Crippen LogP contribution in [0.5, 0.6) is 0 Å². The Bertz CT molecular complexity index is 1280. The molecular weight excluding hydrogens is 432 g/mol. The molecule has 1 unspecified atom stereocenters. The van der Waals surface area contributed by atoms with Gasteiger partial charge in [-0.25, -0.2) is 0 Å². The van der Waals surface area contributed by atoms with E-state index in [4.69, 9.17) is 4.99 Å². The van der Waals surface area contributed by atoms with Crippen molar-refractivity contribution in [1.29, 1.82) is 0 Å². The van der Waals surface area contributed by atoms with Gasteiger partial charge in [0.05, 0.1) is 5.71 Å². The molecule has 34 heavy (non-hydrogen) atoms. The van der Waals surface area contributed by atoms with E-state index in [1.54, 1.807) is 11.8 Å². The van der Waals surface area contributed by atoms with E-state index in [0.717, 1.165) is 28.1 Å². The first-order valence-corrected chi connectivity index (χ1v) is 12.9. The molecule has 0 amide bonds. The lowest BCUT2D eigenvalue weighted by atomic mass is 9.98. The van der Waals surface area contributed by atoms with Crippen molar-refractivity contribution in [2.24, 2.45) is 4.99 Å². The van der Waals surface area contributed by atoms with Gasteiger partial charge in [-0.1, -0.05) is 105 Å². The first-order chi connectivity index (χ1) is 16.8. The highest BCUT2D eigenvalue weighted by molar-refractivity contribution is 7.98. The van der Waals surface area contributed by atoms with Gasteiger partial charge in [-0.2, -0.15) is 0 Å². The van der Waals surface area contributed by atoms with Crippen molar-refractivity contribution in [3.05, 3.63) is 132 Å². The number of benzene rings is 4. The van der Waals surface area contributed by atoms with Crippen LogP contribution in [0.4, 0.5) is 0 Å². The Morgan fingerprint density at radius 3 is 1.97 bits per heavy atom. The Labute approximate surface area is 207 Å². The van der Waals surface area contributed by atoms with E-state index in [9.17, 15) is 0 Å². The summed E-state index contributed by atoms with van der Waals surface area (Å²) in [5.41, 5.74) is 7.91. The number of thioether (sulfide) groups is 1. The van der Waals surface area contributed by atoms with Crippen molar-refractivity contribution in [1.82, 2.24) is 5.32 Å². The largest absolute Gasteiger partial charge is 0.360 e. The normalized spacial score (nSPS) is 14.7. The fourth-order valence-electron chi connectivity index (χ4n) is 3.93. The predicted octanol–water partition coefficient (Wildman–Crippen LogP) is 8.23. The highest BCUT2D eigenvalue weighted by Crippen LogP contribution is 2.29. The Balaban J connectivity index is 0.00000133. The molecule has 1 heterocycles. The van der Waals surface area contributed by atoms with E-state index in [2.05, 4.69) is 115 Å². The number of hydrogen-bond donors (Lipinski definition) is 1. The summed E-state index contributed by atoms with van der Waals surface area (Å²) in [5, 5.41) is 3.65. The predicted molar refractivity (Wildman–Crippen MR) is 148 cm³/mol. The topological polar surface area (TPSA) is 24.4 Å². The fourth-order valence-corrected chi connectivity index (χ4v) is 4.40. The van der Waals surface area contributed by atoms with E-state index < -0.39 is 0 Å². The van der Waals surface area contributed by atoms with Gasteiger partial charge in [-0.15, -0.1) is 11.8 Å². The zero-order chi connectivity index (χ0) is 23.8. The molecule has 1 aliphatic heterocycles. The third-order valence-corrected chi connectivity index (χ3v) is 6.33. The second-order valence-electron chi connectivity index (χ2n) is 7.71. The van der Waals surface area contributed by atoms with E-state index >= 15 is 0 Å². The summed E-state index contributed by atoms with van der Waals surface area (Å²) < 4.78 is 0. The molecule has 3 heteroatoms. The van der Waals surface area contributed by atoms with Crippen LogP contribution in [0, 0.1) is 0 Å². The zero-order valence-electron chi connectivity index (χ0n) is 19.9. The first-order valence-electron chi connectivity index (χ1n) is 11.7. The van der Waals surface area contributed by atoms with Gasteiger partial charge in [0.25, 0.3) is 0 Å². The number of aliphatic imine (C=N–C) groups is 1. The van der Waals surface area contributed by atoms with Crippen molar-refractivity contribution in [2.75, 3.05) is 6.26 Å². The molecule has 1 atom stereocenters. The monoisotopic (exact) mass is 462 g/mol. The summed E-state index contributed by atoms with van der Waals surface area (Å²) >= 11 is 1.75. The quantitative estimate of drug-likeness (QED) is 0.302. The van der Waals surface area contributed by atoms with E-state index in [-0.39, 0.29) is 6.17 Å². The molecule has 0 saturated heterocycles. The minimum atomic E-state index is -0.141. The van der Waals surface area contributed by atoms with Crippen molar-refractivity contribution in [3.8, 4) is 11.1 Å². The molecule has 0 bridgehead atoms. The van der Waals surface area contributed by atoms with Gasteiger partial charge in [0.1, 0.15) is 6.17 Å². The third kappa shape index (κ3) is 5.49. The lowest BCUT2D eigenvalue weighted by molar-refractivity contribution is 0.662. The van der Waals surface area contributed by atoms with Gasteiger partial charge in [-0.3, -0.25) is 4.99 Å². The molecule has 1 N–H and O–H groups in total. The average Bonchev–Trinajstić information content (AvgIpc) is 2.95. The molecule has 0 radical (unpaired) electrons. The molecule has 0 aromatic heterocycles. The maximum atomic E-state index is 5.13. The highest BCUT2D eigenvalue weighted by atomic mass is 32.2. The van der Waals surface area contributed by atoms with Crippen LogP contribution < -0.4 is 5.32 Å². The molecule has 170 valence electrons. The minimum Gasteiger partial charge on any atom is -0.360 e. The van der Waals surface area contributed by atoms with Crippen LogP contribution >= 0.6 is 11.8 Å². The molecule has 4 aromatic carbocycles. The van der Waals surface area contributed by atoms with Gasteiger partial charge < -0.3 is 5.32 Å². The van der Waals surface area contributed by atoms with Gasteiger partial charge in [-0.05, 0) is 52.8 Å². The summed E-state index contributed by atoms with van der Waals surface area (Å²) in [6, 6.07) is 38.2. The zero-order valence-corrected chi connectivity index (χ0v) is 20.7. The van der Waals surface area contributed by atoms with E-state index in [0.29, 0.717) is 0 Å². The third-order valence-electron chi connectivity index (χ3n) is 5.60. The van der Waals surface area contributed by atoms with E-state index in [1.165, 1.54) is 16.0 Å². The average molecular weight is 463 g/mol. The summed E-state index contributed by atoms with van der Waals surface area (Å²) in [7, 11) is 0. The molecule has 1 aliphatic rings. The molecule has 0 aliphatic carbocycles. The van der Waals surface area contributed by atoms with Gasteiger partial charge in [0, 0.05) is 16.2 Å². The van der Waals surface area contributed by atoms with Crippen LogP contribution in [0.2, 0.25) is 0 Å². The Kier molecular flexibility index (Phi) is 8.00. The van der Waals surface area contributed by atoms with Gasteiger partial charge >= 0.3 is 0 Å². The molecule has 4 aromatic rings. The molecule has 0 saturated carbocycles. The number of hydrogen-bond acceptors (Lipinski definition) is 3. The minimum absolute atomic E-state index is 0.141. The fraction of sp³-hybridized carbons (Fsp3) is 0.129. The molecule has 0 fully saturated rings. The van der Waals surface area contributed by atoms with Crippen LogP contribution in [0.1, 0.15) is 36.7 Å². The Morgan fingerprint density at radius 1 is 0.647 bits per heavy atom. The molecule has 0 spiro atoms. The van der Waals surface area contributed by atoms with Crippen molar-refractivity contribution in [2.45, 2.75) is 24.9 Å². The van der Waals surface area contributed by atoms with Crippen LogP contribution in [-0.4, -0.2) is 12.0 Å². The smallest absolute Gasteiger partial charge is 0.145 e. The number of nitrogens with zero attached hydrogens (tertiary/aromatic N) is 1. The van der Waals surface area contributed by atoms with Crippen molar-refractivity contribution >= 4 is 23.2 Å². The lowest BCUT2D eigenvalue weighted by Crippen LogP contribution is -2.24. The van der Waals surface area contributed by atoms with Gasteiger partial charge in [0.2, 0.25) is 0 Å². The maximum Gasteiger partial charge on any atom is 0.145 e. The molecule has 2 nitrogen and oxygen atoms in total. The first kappa shape index (κ1) is 23.6. The van der Waals surface area contributed by atoms with Gasteiger partial charge in [0.15, 0.2) is 0 Å². The summed E-state index contributed by atoms with van der Waals surface area (Å²) in [5.74, 6) is 0. The van der Waals surface area contributed by atoms with Crippen molar-refractivity contribution in [3.63, 3.8) is 0 Å². The number of rotatable bonds is 5. The van der Waals surface area contributed by atoms with Crippen LogP contribution in [-0.2, 0) is 0 Å². The summed E-state index contributed by atoms with van der Waals surface area (Å²) in [6.45, 7) is 4.00. The second kappa shape index (κ2) is 11.5. The number of nitrogens with one attached hydrogen (secondary N) is 1. The standard InChI is InChI=1S/C29H24N2S.C2H6/c1-32-26-17-9-16-25(19-26)29-30-27(22-12-6-3-7-13-22)20-28(31-29)24-15-8-14-23(18-24)21-10-4-2-5-11-21;1-2/h2-20,29-30H,1H3;1-2H3. The molecule has 5 rings (SSSR count). The molecular formula is C31H30N2S. The van der Waals surface area contributed by atoms with Crippen LogP contribution in [0.15, 0.2) is 125 Å². The maximum absolute atomic E-state index is 5.13. The highest BCUT2D eigenvalue weighted by Gasteiger charge is 2.20. The second-order valence-corrected chi connectivity index (χ2v) is 8.59. The number of allylic oxidation sites excluding steroid dienone is 1. The summed E-state index contributed by atoms with van der Waals surface area (Å²) in [4.78, 5) is 6.37. The Morgan fingerprint density at radius 2 is 1.26 bits per heavy atom. The van der Waals surface area contributed by atoms with Crippen LogP contribution in [0.3, 0.4) is 0 Å². The van der Waals surface area contributed by atoms with Crippen LogP contribution in [0.25, 0.3) is 16.8 Å². The lowest BCUT2D eigenvalue weighted by Gasteiger charge is -2.25. The SMILES string of the molecule is CC.CSc1cccc(C2N=C(c3cccc(-c4ccccc4)c3)C=C(c3ccccc3)N2)c1. The Hall–Kier alpha value is -3.56. The van der Waals surface area contributed by atoms with E-state index in [1.807, 2.05) is 26.0 Å². The summed E-state index contributed by atoms with van der Waals surface area (Å²) in [6.07, 6.45) is 4.12.